The van der Waals surface area contributed by atoms with Crippen molar-refractivity contribution in [1.82, 2.24) is 10.2 Å². The van der Waals surface area contributed by atoms with Crippen molar-refractivity contribution in [2.75, 3.05) is 26.7 Å². The van der Waals surface area contributed by atoms with E-state index in [4.69, 9.17) is 4.74 Å². The van der Waals surface area contributed by atoms with Gasteiger partial charge in [-0.15, -0.1) is 12.4 Å². The fourth-order valence-corrected chi connectivity index (χ4v) is 2.46. The fraction of sp³-hybridized carbons (Fsp3) is 1.00. The number of nitrogens with zero attached hydrogens (tertiary/aromatic N) is 1. The molecule has 0 aromatic carbocycles. The number of rotatable bonds is 2. The van der Waals surface area contributed by atoms with Gasteiger partial charge < -0.3 is 9.64 Å². The Morgan fingerprint density at radius 3 is 2.86 bits per heavy atom. The average Bonchev–Trinajstić information content (AvgIpc) is 2.64. The number of likely N-dealkylation sites (tertiary alicyclic amines) is 1. The van der Waals surface area contributed by atoms with Gasteiger partial charge >= 0.3 is 0 Å². The Labute approximate surface area is 92.6 Å². The molecule has 2 atom stereocenters. The summed E-state index contributed by atoms with van der Waals surface area (Å²) in [5.41, 5.74) is -0.0523. The quantitative estimate of drug-likeness (QED) is 0.758. The van der Waals surface area contributed by atoms with E-state index in [1.54, 1.807) is 0 Å². The molecule has 14 heavy (non-hydrogen) atoms. The molecule has 0 aliphatic carbocycles. The summed E-state index contributed by atoms with van der Waals surface area (Å²) in [6, 6.07) is 0.718. The smallest absolute Gasteiger partial charge is 0.118 e. The third-order valence-electron chi connectivity index (χ3n) is 3.32. The maximum Gasteiger partial charge on any atom is 0.118 e. The molecule has 0 amide bonds. The van der Waals surface area contributed by atoms with Crippen LogP contribution >= 0.6 is 12.4 Å². The SMILES string of the molecule is CN1CCCC1CC1(C)NCCO1.Cl. The lowest BCUT2D eigenvalue weighted by Crippen LogP contribution is -2.43. The zero-order chi connectivity index (χ0) is 9.31. The van der Waals surface area contributed by atoms with Gasteiger partial charge in [-0.2, -0.15) is 0 Å². The number of hydrogen-bond acceptors (Lipinski definition) is 3. The standard InChI is InChI=1S/C10H20N2O.ClH/c1-10(11-5-7-13-10)8-9-4-3-6-12(9)2;/h9,11H,3-8H2,1-2H3;1H. The number of nitrogens with one attached hydrogen (secondary N) is 1. The van der Waals surface area contributed by atoms with Gasteiger partial charge in [-0.3, -0.25) is 5.32 Å². The first-order valence-corrected chi connectivity index (χ1v) is 5.29. The van der Waals surface area contributed by atoms with E-state index in [1.165, 1.54) is 19.4 Å². The Bertz CT molecular complexity index is 183. The lowest BCUT2D eigenvalue weighted by atomic mass is 10.0. The lowest BCUT2D eigenvalue weighted by molar-refractivity contribution is -0.0157. The lowest BCUT2D eigenvalue weighted by Gasteiger charge is -2.30. The van der Waals surface area contributed by atoms with Crippen molar-refractivity contribution < 1.29 is 4.74 Å². The minimum absolute atomic E-state index is 0. The Kier molecular flexibility index (Phi) is 4.19. The monoisotopic (exact) mass is 220 g/mol. The summed E-state index contributed by atoms with van der Waals surface area (Å²) in [5.74, 6) is 0. The molecule has 2 aliphatic heterocycles. The van der Waals surface area contributed by atoms with Crippen LogP contribution in [-0.2, 0) is 4.74 Å². The first kappa shape index (κ1) is 12.2. The Morgan fingerprint density at radius 2 is 2.36 bits per heavy atom. The summed E-state index contributed by atoms with van der Waals surface area (Å²) in [7, 11) is 2.22. The van der Waals surface area contributed by atoms with Crippen molar-refractivity contribution in [3.8, 4) is 0 Å². The van der Waals surface area contributed by atoms with E-state index in [0.717, 1.165) is 25.6 Å². The van der Waals surface area contributed by atoms with Crippen molar-refractivity contribution in [3.05, 3.63) is 0 Å². The second-order valence-electron chi connectivity index (χ2n) is 4.49. The van der Waals surface area contributed by atoms with Gasteiger partial charge in [-0.05, 0) is 33.4 Å². The van der Waals surface area contributed by atoms with Crippen molar-refractivity contribution in [2.45, 2.75) is 38.0 Å². The molecule has 0 aromatic rings. The zero-order valence-corrected chi connectivity index (χ0v) is 9.90. The van der Waals surface area contributed by atoms with Crippen molar-refractivity contribution in [1.29, 1.82) is 0 Å². The second kappa shape index (κ2) is 4.79. The summed E-state index contributed by atoms with van der Waals surface area (Å²) in [6.45, 7) is 5.30. The second-order valence-corrected chi connectivity index (χ2v) is 4.49. The summed E-state index contributed by atoms with van der Waals surface area (Å²) in [6.07, 6.45) is 3.80. The Hall–Kier alpha value is 0.170. The molecule has 84 valence electrons. The Balaban J connectivity index is 0.000000980. The van der Waals surface area contributed by atoms with Gasteiger partial charge in [-0.25, -0.2) is 0 Å². The van der Waals surface area contributed by atoms with Crippen LogP contribution < -0.4 is 5.32 Å². The first-order chi connectivity index (χ1) is 6.20. The van der Waals surface area contributed by atoms with Crippen LogP contribution in [0.3, 0.4) is 0 Å². The third-order valence-corrected chi connectivity index (χ3v) is 3.32. The maximum absolute atomic E-state index is 5.71. The van der Waals surface area contributed by atoms with Gasteiger partial charge in [-0.1, -0.05) is 0 Å². The maximum atomic E-state index is 5.71. The minimum atomic E-state index is -0.0523. The molecular formula is C10H21ClN2O. The molecule has 2 unspecified atom stereocenters. The third kappa shape index (κ3) is 2.60. The average molecular weight is 221 g/mol. The normalized spacial score (nSPS) is 38.6. The van der Waals surface area contributed by atoms with Crippen LogP contribution in [0.15, 0.2) is 0 Å². The largest absolute Gasteiger partial charge is 0.360 e. The Morgan fingerprint density at radius 1 is 1.57 bits per heavy atom. The van der Waals surface area contributed by atoms with Gasteiger partial charge in [0.25, 0.3) is 0 Å². The summed E-state index contributed by atoms with van der Waals surface area (Å²) in [5, 5.41) is 3.43. The van der Waals surface area contributed by atoms with Gasteiger partial charge in [0.05, 0.1) is 6.61 Å². The molecule has 4 heteroatoms. The molecule has 0 saturated carbocycles. The predicted molar refractivity (Wildman–Crippen MR) is 59.9 cm³/mol. The van der Waals surface area contributed by atoms with Crippen molar-refractivity contribution in [2.24, 2.45) is 0 Å². The molecule has 2 fully saturated rings. The van der Waals surface area contributed by atoms with Crippen LogP contribution in [0.2, 0.25) is 0 Å². The van der Waals surface area contributed by atoms with Crippen LogP contribution in [-0.4, -0.2) is 43.4 Å². The summed E-state index contributed by atoms with van der Waals surface area (Å²) >= 11 is 0. The van der Waals surface area contributed by atoms with Crippen molar-refractivity contribution in [3.63, 3.8) is 0 Å². The van der Waals surface area contributed by atoms with Gasteiger partial charge in [0.1, 0.15) is 5.72 Å². The van der Waals surface area contributed by atoms with Crippen LogP contribution in [0.25, 0.3) is 0 Å². The number of halogens is 1. The van der Waals surface area contributed by atoms with E-state index in [2.05, 4.69) is 24.2 Å². The molecule has 1 N–H and O–H groups in total. The summed E-state index contributed by atoms with van der Waals surface area (Å²) in [4.78, 5) is 2.45. The number of ether oxygens (including phenoxy) is 1. The molecule has 0 radical (unpaired) electrons. The van der Waals surface area contributed by atoms with Gasteiger partial charge in [0, 0.05) is 19.0 Å². The first-order valence-electron chi connectivity index (χ1n) is 5.29. The molecule has 2 rings (SSSR count). The predicted octanol–water partition coefficient (Wildman–Crippen LogP) is 1.23. The van der Waals surface area contributed by atoms with Crippen LogP contribution in [0, 0.1) is 0 Å². The highest BCUT2D eigenvalue weighted by Gasteiger charge is 2.34. The van der Waals surface area contributed by atoms with E-state index < -0.39 is 0 Å². The van der Waals surface area contributed by atoms with Gasteiger partial charge in [0.15, 0.2) is 0 Å². The van der Waals surface area contributed by atoms with Crippen LogP contribution in [0.1, 0.15) is 26.2 Å². The molecule has 2 saturated heterocycles. The molecular weight excluding hydrogens is 200 g/mol. The van der Waals surface area contributed by atoms with E-state index in [1.807, 2.05) is 0 Å². The van der Waals surface area contributed by atoms with E-state index in [9.17, 15) is 0 Å². The van der Waals surface area contributed by atoms with Crippen molar-refractivity contribution >= 4 is 12.4 Å². The van der Waals surface area contributed by atoms with Crippen LogP contribution in [0.4, 0.5) is 0 Å². The summed E-state index contributed by atoms with van der Waals surface area (Å²) < 4.78 is 5.71. The van der Waals surface area contributed by atoms with Gasteiger partial charge in [0.2, 0.25) is 0 Å². The molecule has 3 nitrogen and oxygen atoms in total. The highest BCUT2D eigenvalue weighted by Crippen LogP contribution is 2.26. The molecule has 2 heterocycles. The van der Waals surface area contributed by atoms with E-state index in [0.29, 0.717) is 0 Å². The fourth-order valence-electron chi connectivity index (χ4n) is 2.46. The molecule has 0 bridgehead atoms. The van der Waals surface area contributed by atoms with Crippen LogP contribution in [0.5, 0.6) is 0 Å². The zero-order valence-electron chi connectivity index (χ0n) is 9.08. The highest BCUT2D eigenvalue weighted by atomic mass is 35.5. The van der Waals surface area contributed by atoms with E-state index in [-0.39, 0.29) is 18.1 Å². The molecule has 2 aliphatic rings. The van der Waals surface area contributed by atoms with E-state index >= 15 is 0 Å². The topological polar surface area (TPSA) is 24.5 Å². The number of hydrogen-bond donors (Lipinski definition) is 1. The molecule has 0 spiro atoms. The molecule has 0 aromatic heterocycles. The minimum Gasteiger partial charge on any atom is -0.360 e. The highest BCUT2D eigenvalue weighted by molar-refractivity contribution is 5.85.